The highest BCUT2D eigenvalue weighted by Crippen LogP contribution is 2.19. The summed E-state index contributed by atoms with van der Waals surface area (Å²) in [6.45, 7) is 8.84. The van der Waals surface area contributed by atoms with Crippen LogP contribution in [0.15, 0.2) is 30.3 Å². The first-order valence-electron chi connectivity index (χ1n) is 10.9. The van der Waals surface area contributed by atoms with Crippen molar-refractivity contribution in [3.63, 3.8) is 0 Å². The van der Waals surface area contributed by atoms with E-state index in [0.717, 1.165) is 78.1 Å². The predicted octanol–water partition coefficient (Wildman–Crippen LogP) is 2.16. The predicted molar refractivity (Wildman–Crippen MR) is 110 cm³/mol. The van der Waals surface area contributed by atoms with Gasteiger partial charge in [0.05, 0.1) is 6.10 Å². The van der Waals surface area contributed by atoms with Crippen molar-refractivity contribution in [2.75, 3.05) is 52.4 Å². The smallest absolute Gasteiger partial charge is 0.317 e. The molecule has 1 aromatic carbocycles. The van der Waals surface area contributed by atoms with Crippen LogP contribution >= 0.6 is 0 Å². The molecule has 0 unspecified atom stereocenters. The van der Waals surface area contributed by atoms with Crippen LogP contribution in [0.1, 0.15) is 31.2 Å². The quantitative estimate of drug-likeness (QED) is 0.843. The van der Waals surface area contributed by atoms with E-state index in [1.165, 1.54) is 5.56 Å². The molecule has 1 N–H and O–H groups in total. The van der Waals surface area contributed by atoms with E-state index in [9.17, 15) is 4.79 Å². The number of likely N-dealkylation sites (tertiary alicyclic amines) is 1. The first-order valence-corrected chi connectivity index (χ1v) is 10.9. The fourth-order valence-electron chi connectivity index (χ4n) is 4.68. The number of nitrogens with one attached hydrogen (secondary N) is 1. The lowest BCUT2D eigenvalue weighted by atomic mass is 10.0. The lowest BCUT2D eigenvalue weighted by molar-refractivity contribution is 0.0617. The van der Waals surface area contributed by atoms with E-state index in [4.69, 9.17) is 4.74 Å². The number of piperazine rings is 1. The lowest BCUT2D eigenvalue weighted by Gasteiger charge is -2.42. The zero-order chi connectivity index (χ0) is 19.2. The third-order valence-electron chi connectivity index (χ3n) is 6.43. The molecular weight excluding hydrogens is 352 g/mol. The molecule has 28 heavy (non-hydrogen) atoms. The molecule has 3 aliphatic rings. The largest absolute Gasteiger partial charge is 0.376 e. The molecule has 1 atom stereocenters. The Bertz CT molecular complexity index is 604. The normalized spacial score (nSPS) is 25.1. The van der Waals surface area contributed by atoms with Gasteiger partial charge in [-0.1, -0.05) is 30.3 Å². The highest BCUT2D eigenvalue weighted by Gasteiger charge is 2.29. The molecule has 6 heteroatoms. The van der Waals surface area contributed by atoms with Gasteiger partial charge in [0.1, 0.15) is 0 Å². The molecule has 0 radical (unpaired) electrons. The first kappa shape index (κ1) is 19.7. The summed E-state index contributed by atoms with van der Waals surface area (Å²) in [5.74, 6) is 0. The highest BCUT2D eigenvalue weighted by atomic mass is 16.5. The number of benzene rings is 1. The van der Waals surface area contributed by atoms with E-state index < -0.39 is 0 Å². The van der Waals surface area contributed by atoms with Crippen LogP contribution in [0.25, 0.3) is 0 Å². The van der Waals surface area contributed by atoms with Crippen LogP contribution < -0.4 is 5.32 Å². The first-order chi connectivity index (χ1) is 13.8. The second kappa shape index (κ2) is 9.72. The van der Waals surface area contributed by atoms with Crippen LogP contribution in [0.4, 0.5) is 4.79 Å². The molecule has 1 aromatic rings. The standard InChI is InChI=1S/C22H34N4O2/c27-22(23-17-21-7-4-16-28-21)26-10-8-20(9-11-26)25-14-12-24(13-15-25)18-19-5-2-1-3-6-19/h1-3,5-6,20-21H,4,7-18H2,(H,23,27)/t21-/m1/s1. The van der Waals surface area contributed by atoms with E-state index in [2.05, 4.69) is 45.4 Å². The summed E-state index contributed by atoms with van der Waals surface area (Å²) in [5.41, 5.74) is 1.40. The van der Waals surface area contributed by atoms with E-state index >= 15 is 0 Å². The van der Waals surface area contributed by atoms with Crippen molar-refractivity contribution in [3.05, 3.63) is 35.9 Å². The summed E-state index contributed by atoms with van der Waals surface area (Å²) < 4.78 is 5.59. The third kappa shape index (κ3) is 5.25. The molecule has 3 fully saturated rings. The van der Waals surface area contributed by atoms with Gasteiger partial charge < -0.3 is 15.0 Å². The van der Waals surface area contributed by atoms with Gasteiger partial charge in [-0.05, 0) is 31.2 Å². The molecule has 0 bridgehead atoms. The zero-order valence-corrected chi connectivity index (χ0v) is 16.9. The average Bonchev–Trinajstić information content (AvgIpc) is 3.27. The van der Waals surface area contributed by atoms with Gasteiger partial charge in [-0.2, -0.15) is 0 Å². The van der Waals surface area contributed by atoms with Gasteiger partial charge in [-0.15, -0.1) is 0 Å². The molecule has 0 aromatic heterocycles. The van der Waals surface area contributed by atoms with Gasteiger partial charge in [-0.3, -0.25) is 9.80 Å². The Morgan fingerprint density at radius 2 is 1.75 bits per heavy atom. The van der Waals surface area contributed by atoms with Gasteiger partial charge in [0.15, 0.2) is 0 Å². The second-order valence-corrected chi connectivity index (χ2v) is 8.34. The number of ether oxygens (including phenoxy) is 1. The maximum absolute atomic E-state index is 12.4. The topological polar surface area (TPSA) is 48.1 Å². The number of amides is 2. The van der Waals surface area contributed by atoms with Crippen molar-refractivity contribution in [2.45, 2.75) is 44.4 Å². The Morgan fingerprint density at radius 1 is 1.00 bits per heavy atom. The summed E-state index contributed by atoms with van der Waals surface area (Å²) >= 11 is 0. The average molecular weight is 387 g/mol. The van der Waals surface area contributed by atoms with Crippen LogP contribution in [0, 0.1) is 0 Å². The number of urea groups is 1. The zero-order valence-electron chi connectivity index (χ0n) is 16.9. The van der Waals surface area contributed by atoms with Crippen molar-refractivity contribution in [3.8, 4) is 0 Å². The van der Waals surface area contributed by atoms with Gasteiger partial charge in [0.25, 0.3) is 0 Å². The SMILES string of the molecule is O=C(NC[C@H]1CCCO1)N1CCC(N2CCN(Cc3ccccc3)CC2)CC1. The maximum atomic E-state index is 12.4. The molecule has 4 rings (SSSR count). The van der Waals surface area contributed by atoms with Crippen LogP contribution in [-0.2, 0) is 11.3 Å². The van der Waals surface area contributed by atoms with Crippen LogP contribution in [-0.4, -0.2) is 85.3 Å². The Balaban J connectivity index is 1.15. The van der Waals surface area contributed by atoms with Gasteiger partial charge in [-0.25, -0.2) is 4.79 Å². The number of nitrogens with zero attached hydrogens (tertiary/aromatic N) is 3. The lowest BCUT2D eigenvalue weighted by Crippen LogP contribution is -2.54. The molecule has 3 saturated heterocycles. The molecule has 3 aliphatic heterocycles. The summed E-state index contributed by atoms with van der Waals surface area (Å²) in [4.78, 5) is 19.6. The molecule has 154 valence electrons. The third-order valence-corrected chi connectivity index (χ3v) is 6.43. The van der Waals surface area contributed by atoms with Crippen LogP contribution in [0.3, 0.4) is 0 Å². The summed E-state index contributed by atoms with van der Waals surface area (Å²) in [5, 5.41) is 3.06. The van der Waals surface area contributed by atoms with Gasteiger partial charge >= 0.3 is 6.03 Å². The second-order valence-electron chi connectivity index (χ2n) is 8.34. The fourth-order valence-corrected chi connectivity index (χ4v) is 4.68. The van der Waals surface area contributed by atoms with E-state index in [-0.39, 0.29) is 12.1 Å². The molecular formula is C22H34N4O2. The van der Waals surface area contributed by atoms with Crippen molar-refractivity contribution < 1.29 is 9.53 Å². The molecule has 3 heterocycles. The minimum Gasteiger partial charge on any atom is -0.376 e. The molecule has 0 saturated carbocycles. The number of hydrogen-bond donors (Lipinski definition) is 1. The van der Waals surface area contributed by atoms with Gasteiger partial charge in [0.2, 0.25) is 0 Å². The monoisotopic (exact) mass is 386 g/mol. The fraction of sp³-hybridized carbons (Fsp3) is 0.682. The van der Waals surface area contributed by atoms with Crippen molar-refractivity contribution >= 4 is 6.03 Å². The Morgan fingerprint density at radius 3 is 2.43 bits per heavy atom. The number of hydrogen-bond acceptors (Lipinski definition) is 4. The summed E-state index contributed by atoms with van der Waals surface area (Å²) in [6, 6.07) is 11.5. The van der Waals surface area contributed by atoms with Gasteiger partial charge in [0, 0.05) is 65.0 Å². The summed E-state index contributed by atoms with van der Waals surface area (Å²) in [6.07, 6.45) is 4.58. The highest BCUT2D eigenvalue weighted by molar-refractivity contribution is 5.74. The Kier molecular flexibility index (Phi) is 6.83. The van der Waals surface area contributed by atoms with E-state index in [1.54, 1.807) is 0 Å². The summed E-state index contributed by atoms with van der Waals surface area (Å²) in [7, 11) is 0. The maximum Gasteiger partial charge on any atom is 0.317 e. The number of carbonyl (C=O) groups is 1. The van der Waals surface area contributed by atoms with Crippen molar-refractivity contribution in [2.24, 2.45) is 0 Å². The van der Waals surface area contributed by atoms with Crippen molar-refractivity contribution in [1.82, 2.24) is 20.0 Å². The number of carbonyl (C=O) groups excluding carboxylic acids is 1. The van der Waals surface area contributed by atoms with E-state index in [1.807, 2.05) is 4.90 Å². The molecule has 0 aliphatic carbocycles. The Labute approximate surface area is 168 Å². The van der Waals surface area contributed by atoms with Crippen molar-refractivity contribution in [1.29, 1.82) is 0 Å². The minimum absolute atomic E-state index is 0.0848. The van der Waals surface area contributed by atoms with Crippen LogP contribution in [0.5, 0.6) is 0 Å². The van der Waals surface area contributed by atoms with Crippen LogP contribution in [0.2, 0.25) is 0 Å². The molecule has 6 nitrogen and oxygen atoms in total. The number of rotatable bonds is 5. The Hall–Kier alpha value is -1.63. The van der Waals surface area contributed by atoms with E-state index in [0.29, 0.717) is 12.6 Å². The number of piperidine rings is 1. The minimum atomic E-state index is 0.0848. The molecule has 0 spiro atoms. The molecule has 2 amide bonds.